The van der Waals surface area contributed by atoms with Gasteiger partial charge < -0.3 is 0 Å². The molecule has 2 heteroatoms. The van der Waals surface area contributed by atoms with Crippen LogP contribution in [0.15, 0.2) is 0 Å². The zero-order chi connectivity index (χ0) is 4.99. The maximum Gasteiger partial charge on any atom is 0.141 e. The van der Waals surface area contributed by atoms with Crippen LogP contribution in [0.5, 0.6) is 0 Å². The molecule has 36 valence electrons. The summed E-state index contributed by atoms with van der Waals surface area (Å²) in [6, 6.07) is 0. The molecule has 0 atom stereocenters. The third-order valence-corrected chi connectivity index (χ3v) is 0.351. The van der Waals surface area contributed by atoms with Gasteiger partial charge in [0, 0.05) is 21.7 Å². The van der Waals surface area contributed by atoms with Crippen LogP contribution in [0, 0.1) is 12.3 Å². The van der Waals surface area contributed by atoms with E-state index in [4.69, 9.17) is 6.42 Å². The number of hydrogen-bond acceptors (Lipinski definition) is 1. The minimum atomic E-state index is 0. The van der Waals surface area contributed by atoms with Crippen molar-refractivity contribution in [3.05, 3.63) is 0 Å². The Morgan fingerprint density at radius 2 is 2.29 bits per heavy atom. The predicted molar refractivity (Wildman–Crippen MR) is 24.1 cm³/mol. The number of ketones is 1. The molecule has 0 aliphatic heterocycles. The summed E-state index contributed by atoms with van der Waals surface area (Å²) in [4.78, 5) is 9.90. The van der Waals surface area contributed by atoms with Gasteiger partial charge in [0.1, 0.15) is 5.78 Å². The van der Waals surface area contributed by atoms with E-state index in [0.29, 0.717) is 0 Å². The van der Waals surface area contributed by atoms with Gasteiger partial charge in [0.05, 0.1) is 6.42 Å². The fourth-order valence-electron chi connectivity index (χ4n) is 0.144. The maximum absolute atomic E-state index is 9.90. The van der Waals surface area contributed by atoms with Gasteiger partial charge in [-0.05, 0) is 6.92 Å². The Kier molecular flexibility index (Phi) is 8.52. The van der Waals surface area contributed by atoms with Crippen LogP contribution in [0.25, 0.3) is 0 Å². The average Bonchev–Trinajstić information content (AvgIpc) is 1.35. The second-order valence-electron chi connectivity index (χ2n) is 1.08. The molecule has 0 radical (unpaired) electrons. The first-order valence-electron chi connectivity index (χ1n) is 1.70. The fourth-order valence-corrected chi connectivity index (χ4v) is 0.144. The van der Waals surface area contributed by atoms with Crippen molar-refractivity contribution < 1.29 is 26.5 Å². The molecule has 1 nitrogen and oxygen atoms in total. The molecule has 0 spiro atoms. The van der Waals surface area contributed by atoms with Crippen molar-refractivity contribution in [2.45, 2.75) is 13.3 Å². The van der Waals surface area contributed by atoms with E-state index >= 15 is 0 Å². The van der Waals surface area contributed by atoms with E-state index in [-0.39, 0.29) is 33.9 Å². The van der Waals surface area contributed by atoms with Crippen molar-refractivity contribution in [2.75, 3.05) is 0 Å². The summed E-state index contributed by atoms with van der Waals surface area (Å²) in [6.07, 6.45) is 5.02. The summed E-state index contributed by atoms with van der Waals surface area (Å²) in [5.41, 5.74) is 0. The quantitative estimate of drug-likeness (QED) is 0.375. The van der Waals surface area contributed by atoms with Gasteiger partial charge in [-0.15, -0.1) is 6.42 Å². The Morgan fingerprint density at radius 1 is 1.86 bits per heavy atom. The summed E-state index contributed by atoms with van der Waals surface area (Å²) in [5.74, 6) is 2.27. The SMILES string of the molecule is C#CCC(C)=O.[Ti]. The third kappa shape index (κ3) is 10.7. The van der Waals surface area contributed by atoms with Gasteiger partial charge in [-0.3, -0.25) is 4.79 Å². The largest absolute Gasteiger partial charge is 0.299 e. The van der Waals surface area contributed by atoms with Gasteiger partial charge in [-0.1, -0.05) is 5.92 Å². The Labute approximate surface area is 58.4 Å². The van der Waals surface area contributed by atoms with Gasteiger partial charge in [-0.25, -0.2) is 0 Å². The molecule has 0 amide bonds. The van der Waals surface area contributed by atoms with Crippen LogP contribution < -0.4 is 0 Å². The van der Waals surface area contributed by atoms with Crippen molar-refractivity contribution in [1.82, 2.24) is 0 Å². The molecule has 0 aromatic heterocycles. The zero-order valence-electron chi connectivity index (χ0n) is 4.19. The van der Waals surface area contributed by atoms with Gasteiger partial charge in [0.25, 0.3) is 0 Å². The summed E-state index contributed by atoms with van der Waals surface area (Å²) >= 11 is 0. The molecule has 0 saturated heterocycles. The molecule has 0 aromatic rings. The van der Waals surface area contributed by atoms with E-state index in [0.717, 1.165) is 0 Å². The second kappa shape index (κ2) is 5.94. The monoisotopic (exact) mass is 130 g/mol. The molecule has 0 bridgehead atoms. The van der Waals surface area contributed by atoms with E-state index < -0.39 is 0 Å². The third-order valence-electron chi connectivity index (χ3n) is 0.351. The number of carbonyl (C=O) groups excluding carboxylic acids is 1. The molecule has 0 N–H and O–H groups in total. The Bertz CT molecular complexity index is 90.7. The second-order valence-corrected chi connectivity index (χ2v) is 1.08. The average molecular weight is 130 g/mol. The number of hydrogen-bond donors (Lipinski definition) is 0. The number of carbonyl (C=O) groups is 1. The maximum atomic E-state index is 9.90. The van der Waals surface area contributed by atoms with E-state index in [1.807, 2.05) is 0 Å². The zero-order valence-corrected chi connectivity index (χ0v) is 5.75. The van der Waals surface area contributed by atoms with Crippen LogP contribution in [-0.4, -0.2) is 5.78 Å². The fraction of sp³-hybridized carbons (Fsp3) is 0.400. The number of rotatable bonds is 1. The standard InChI is InChI=1S/C5H6O.Ti/c1-3-4-5(2)6;/h1H,4H2,2H3;. The first kappa shape index (κ1) is 10.0. The van der Waals surface area contributed by atoms with Gasteiger partial charge in [0.2, 0.25) is 0 Å². The van der Waals surface area contributed by atoms with E-state index in [1.165, 1.54) is 6.92 Å². The molecular weight excluding hydrogens is 124 g/mol. The molecule has 0 fully saturated rings. The number of Topliss-reactive ketones (excluding diaryl/α,β-unsaturated/α-hetero) is 1. The summed E-state index contributed by atoms with van der Waals surface area (Å²) < 4.78 is 0. The summed E-state index contributed by atoms with van der Waals surface area (Å²) in [5, 5.41) is 0. The molecule has 0 unspecified atom stereocenters. The molecule has 0 aromatic carbocycles. The molecule has 7 heavy (non-hydrogen) atoms. The van der Waals surface area contributed by atoms with E-state index in [2.05, 4.69) is 5.92 Å². The number of terminal acetylenes is 1. The molecule has 0 rings (SSSR count). The predicted octanol–water partition coefficient (Wildman–Crippen LogP) is 0.596. The van der Waals surface area contributed by atoms with Crippen LogP contribution in [0.2, 0.25) is 0 Å². The van der Waals surface area contributed by atoms with Crippen molar-refractivity contribution >= 4 is 5.78 Å². The van der Waals surface area contributed by atoms with E-state index in [1.54, 1.807) is 0 Å². The summed E-state index contributed by atoms with van der Waals surface area (Å²) in [7, 11) is 0. The smallest absolute Gasteiger partial charge is 0.141 e. The van der Waals surface area contributed by atoms with Crippen LogP contribution in [-0.2, 0) is 26.5 Å². The normalized spacial score (nSPS) is 5.71. The van der Waals surface area contributed by atoms with Crippen molar-refractivity contribution in [2.24, 2.45) is 0 Å². The van der Waals surface area contributed by atoms with Crippen LogP contribution in [0.1, 0.15) is 13.3 Å². The van der Waals surface area contributed by atoms with E-state index in [9.17, 15) is 4.79 Å². The van der Waals surface area contributed by atoms with Crippen LogP contribution >= 0.6 is 0 Å². The minimum absolute atomic E-state index is 0. The first-order chi connectivity index (χ1) is 2.77. The minimum Gasteiger partial charge on any atom is -0.299 e. The molecular formula is C5H6OTi. The molecule has 0 aliphatic rings. The van der Waals surface area contributed by atoms with Gasteiger partial charge in [-0.2, -0.15) is 0 Å². The Hall–Kier alpha value is -0.0557. The van der Waals surface area contributed by atoms with Crippen molar-refractivity contribution in [3.63, 3.8) is 0 Å². The van der Waals surface area contributed by atoms with Gasteiger partial charge >= 0.3 is 0 Å². The molecule has 0 saturated carbocycles. The summed E-state index contributed by atoms with van der Waals surface area (Å²) in [6.45, 7) is 1.47. The molecule has 0 aliphatic carbocycles. The topological polar surface area (TPSA) is 17.1 Å². The van der Waals surface area contributed by atoms with Gasteiger partial charge in [0.15, 0.2) is 0 Å². The van der Waals surface area contributed by atoms with Crippen molar-refractivity contribution in [3.8, 4) is 12.3 Å². The van der Waals surface area contributed by atoms with Crippen molar-refractivity contribution in [1.29, 1.82) is 0 Å². The van der Waals surface area contributed by atoms with Crippen LogP contribution in [0.3, 0.4) is 0 Å². The molecule has 0 heterocycles. The Balaban J connectivity index is 0. The first-order valence-corrected chi connectivity index (χ1v) is 1.70. The Morgan fingerprint density at radius 3 is 2.29 bits per heavy atom. The van der Waals surface area contributed by atoms with Crippen LogP contribution in [0.4, 0.5) is 0 Å².